The molecule has 0 saturated carbocycles. The Bertz CT molecular complexity index is 951. The Kier molecular flexibility index (Phi) is 7.71. The molecule has 0 spiro atoms. The van der Waals surface area contributed by atoms with Crippen LogP contribution in [0.3, 0.4) is 0 Å². The quantitative estimate of drug-likeness (QED) is 0.352. The molecule has 1 saturated heterocycles. The summed E-state index contributed by atoms with van der Waals surface area (Å²) < 4.78 is 1.21. The van der Waals surface area contributed by atoms with Crippen molar-refractivity contribution in [1.29, 1.82) is 0 Å². The predicted molar refractivity (Wildman–Crippen MR) is 125 cm³/mol. The van der Waals surface area contributed by atoms with E-state index in [0.29, 0.717) is 18.1 Å². The zero-order valence-corrected chi connectivity index (χ0v) is 22.6. The topological polar surface area (TPSA) is 40.6 Å². The van der Waals surface area contributed by atoms with Gasteiger partial charge in [0.2, 0.25) is 0 Å². The fourth-order valence-electron chi connectivity index (χ4n) is 4.27. The van der Waals surface area contributed by atoms with Crippen LogP contribution in [0.2, 0.25) is 5.02 Å². The maximum atomic E-state index is 13.7. The minimum absolute atomic E-state index is 0.0405. The van der Waals surface area contributed by atoms with Gasteiger partial charge in [0.1, 0.15) is 0 Å². The van der Waals surface area contributed by atoms with Crippen molar-refractivity contribution in [3.63, 3.8) is 0 Å². The first-order chi connectivity index (χ1) is 14.2. The molecule has 2 aromatic carbocycles. The number of amides is 2. The number of aryl methyl sites for hydroxylation is 1. The van der Waals surface area contributed by atoms with Gasteiger partial charge in [-0.05, 0) is 0 Å². The Labute approximate surface area is 203 Å². The summed E-state index contributed by atoms with van der Waals surface area (Å²) in [5, 5.41) is 0.674. The molecule has 3 rings (SSSR count). The van der Waals surface area contributed by atoms with Gasteiger partial charge in [0.25, 0.3) is 0 Å². The second-order valence-corrected chi connectivity index (χ2v) is 13.2. The zero-order chi connectivity index (χ0) is 22.1. The Morgan fingerprint density at radius 1 is 1.27 bits per heavy atom. The number of rotatable bonds is 6. The molecule has 0 aliphatic carbocycles. The van der Waals surface area contributed by atoms with Gasteiger partial charge >= 0.3 is 205 Å². The molecule has 0 aromatic heterocycles. The SMILES string of the molecule is Cc1ccccc1[C@@H]1CN(C=O)C[C@H]1N(C)C(=O)C(C)(C)c1cc(Cl)cc([I-]I)c1. The van der Waals surface area contributed by atoms with E-state index in [1.165, 1.54) is 14.7 Å². The van der Waals surface area contributed by atoms with Crippen molar-refractivity contribution in [2.75, 3.05) is 20.1 Å². The summed E-state index contributed by atoms with van der Waals surface area (Å²) in [6, 6.07) is 14.2. The van der Waals surface area contributed by atoms with Crippen LogP contribution in [0.1, 0.15) is 36.5 Å². The van der Waals surface area contributed by atoms with Gasteiger partial charge in [0, 0.05) is 0 Å². The van der Waals surface area contributed by atoms with Gasteiger partial charge in [0.15, 0.2) is 0 Å². The molecule has 2 amide bonds. The molecule has 30 heavy (non-hydrogen) atoms. The van der Waals surface area contributed by atoms with E-state index >= 15 is 0 Å². The number of carbonyl (C=O) groups is 2. The molecular formula is C23H26ClI2N2O2-. The predicted octanol–water partition coefficient (Wildman–Crippen LogP) is 1.62. The second-order valence-electron chi connectivity index (χ2n) is 8.36. The molecular weight excluding hydrogens is 626 g/mol. The third kappa shape index (κ3) is 4.80. The molecule has 1 fully saturated rings. The third-order valence-corrected chi connectivity index (χ3v) is 10.5. The molecule has 0 radical (unpaired) electrons. The summed E-state index contributed by atoms with van der Waals surface area (Å²) in [6.07, 6.45) is 0.891. The normalized spacial score (nSPS) is 19.2. The van der Waals surface area contributed by atoms with Crippen molar-refractivity contribution in [1.82, 2.24) is 9.80 Å². The minimum atomic E-state index is -0.713. The first-order valence-electron chi connectivity index (χ1n) is 9.78. The number of likely N-dealkylation sites (N-methyl/N-ethyl adjacent to an activating group) is 1. The summed E-state index contributed by atoms with van der Waals surface area (Å²) in [4.78, 5) is 28.9. The van der Waals surface area contributed by atoms with E-state index in [9.17, 15) is 9.59 Å². The Morgan fingerprint density at radius 3 is 2.60 bits per heavy atom. The molecule has 1 heterocycles. The van der Waals surface area contributed by atoms with Crippen LogP contribution >= 0.6 is 30.2 Å². The standard InChI is InChI=1S/C23H26ClI2N2O2/c1-15-7-5-6-8-19(15)20-12-28(14-29)13-21(20)27(4)22(30)23(2,3)16-9-17(24)11-18(10-16)26-25/h5-11,14,20-21H,12-13H2,1-4H3/q-1/t20-,21+/m0/s1. The van der Waals surface area contributed by atoms with E-state index in [2.05, 4.69) is 43.7 Å². The third-order valence-electron chi connectivity index (χ3n) is 6.07. The summed E-state index contributed by atoms with van der Waals surface area (Å²) in [7, 11) is 1.87. The maximum absolute atomic E-state index is 13.7. The summed E-state index contributed by atoms with van der Waals surface area (Å²) in [5.41, 5.74) is 2.61. The molecule has 2 aromatic rings. The zero-order valence-electron chi connectivity index (χ0n) is 17.5. The van der Waals surface area contributed by atoms with Crippen LogP contribution in [0.4, 0.5) is 0 Å². The van der Waals surface area contributed by atoms with Crippen LogP contribution in [-0.2, 0) is 15.0 Å². The van der Waals surface area contributed by atoms with E-state index in [1.54, 1.807) is 4.90 Å². The molecule has 1 aliphatic heterocycles. The van der Waals surface area contributed by atoms with Crippen molar-refractivity contribution in [3.05, 3.63) is 67.7 Å². The van der Waals surface area contributed by atoms with E-state index in [0.717, 1.165) is 12.0 Å². The molecule has 7 heteroatoms. The average molecular weight is 652 g/mol. The number of carbonyl (C=O) groups excluding carboxylic acids is 2. The van der Waals surface area contributed by atoms with E-state index in [-0.39, 0.29) is 35.1 Å². The van der Waals surface area contributed by atoms with Crippen LogP contribution in [0, 0.1) is 10.5 Å². The monoisotopic (exact) mass is 651 g/mol. The van der Waals surface area contributed by atoms with Gasteiger partial charge in [-0.1, -0.05) is 0 Å². The van der Waals surface area contributed by atoms with Crippen LogP contribution in [0.15, 0.2) is 42.5 Å². The molecule has 1 aliphatic rings. The number of hydrogen-bond donors (Lipinski definition) is 0. The van der Waals surface area contributed by atoms with Gasteiger partial charge in [-0.25, -0.2) is 0 Å². The fourth-order valence-corrected chi connectivity index (χ4v) is 7.18. The van der Waals surface area contributed by atoms with Crippen molar-refractivity contribution in [3.8, 4) is 0 Å². The van der Waals surface area contributed by atoms with Gasteiger partial charge in [-0.2, -0.15) is 0 Å². The Balaban J connectivity index is 1.94. The van der Waals surface area contributed by atoms with Crippen molar-refractivity contribution in [2.45, 2.75) is 38.1 Å². The molecule has 0 bridgehead atoms. The van der Waals surface area contributed by atoms with Crippen molar-refractivity contribution >= 4 is 42.5 Å². The number of likely N-dealkylation sites (tertiary alicyclic amines) is 1. The van der Waals surface area contributed by atoms with E-state index in [1.807, 2.05) is 50.1 Å². The van der Waals surface area contributed by atoms with Crippen LogP contribution in [0.5, 0.6) is 0 Å². The molecule has 162 valence electrons. The fraction of sp³-hybridized carbons (Fsp3) is 0.391. The Morgan fingerprint density at radius 2 is 1.97 bits per heavy atom. The molecule has 0 unspecified atom stereocenters. The van der Waals surface area contributed by atoms with Crippen LogP contribution in [-0.4, -0.2) is 48.3 Å². The number of hydrogen-bond acceptors (Lipinski definition) is 2. The van der Waals surface area contributed by atoms with Gasteiger partial charge in [-0.3, -0.25) is 0 Å². The van der Waals surface area contributed by atoms with Gasteiger partial charge in [0.05, 0.1) is 0 Å². The second kappa shape index (κ2) is 9.73. The van der Waals surface area contributed by atoms with E-state index < -0.39 is 5.41 Å². The average Bonchev–Trinajstić information content (AvgIpc) is 3.16. The first kappa shape index (κ1) is 23.8. The summed E-state index contributed by atoms with van der Waals surface area (Å²) in [5.74, 6) is 0.134. The number of nitrogens with zero attached hydrogens (tertiary/aromatic N) is 2. The summed E-state index contributed by atoms with van der Waals surface area (Å²) in [6.45, 7) is 7.17. The Hall–Kier alpha value is -0.870. The molecule has 0 N–H and O–H groups in total. The number of halogens is 3. The van der Waals surface area contributed by atoms with Crippen molar-refractivity contribution < 1.29 is 26.8 Å². The van der Waals surface area contributed by atoms with Crippen molar-refractivity contribution in [2.24, 2.45) is 0 Å². The molecule has 4 nitrogen and oxygen atoms in total. The number of benzene rings is 2. The van der Waals surface area contributed by atoms with Gasteiger partial charge < -0.3 is 0 Å². The molecule has 2 atom stereocenters. The van der Waals surface area contributed by atoms with Crippen LogP contribution < -0.4 is 17.2 Å². The van der Waals surface area contributed by atoms with Crippen LogP contribution in [0.25, 0.3) is 0 Å². The summed E-state index contributed by atoms with van der Waals surface area (Å²) >= 11 is 8.61. The van der Waals surface area contributed by atoms with Gasteiger partial charge in [-0.15, -0.1) is 0 Å². The first-order valence-corrected chi connectivity index (χ1v) is 17.5. The van der Waals surface area contributed by atoms with E-state index in [4.69, 9.17) is 11.6 Å².